The number of carbonyl (C=O) groups is 1. The van der Waals surface area contributed by atoms with E-state index in [2.05, 4.69) is 9.72 Å². The first-order valence-electron chi connectivity index (χ1n) is 6.71. The Hall–Kier alpha value is -3.10. The van der Waals surface area contributed by atoms with Crippen molar-refractivity contribution >= 4 is 17.1 Å². The summed E-state index contributed by atoms with van der Waals surface area (Å²) in [5.74, 6) is -0.189. The lowest BCUT2D eigenvalue weighted by molar-refractivity contribution is 0.0598. The van der Waals surface area contributed by atoms with Gasteiger partial charge in [0, 0.05) is 14.1 Å². The van der Waals surface area contributed by atoms with Gasteiger partial charge in [-0.1, -0.05) is 0 Å². The Bertz CT molecular complexity index is 1020. The quantitative estimate of drug-likeness (QED) is 0.623. The van der Waals surface area contributed by atoms with Gasteiger partial charge < -0.3 is 13.7 Å². The summed E-state index contributed by atoms with van der Waals surface area (Å²) < 4.78 is 13.8. The molecule has 3 aromatic heterocycles. The zero-order chi connectivity index (χ0) is 16.7. The van der Waals surface area contributed by atoms with Gasteiger partial charge in [-0.15, -0.1) is 0 Å². The van der Waals surface area contributed by atoms with E-state index in [1.165, 1.54) is 49.0 Å². The number of furan rings is 1. The molecule has 0 atom stereocenters. The first kappa shape index (κ1) is 14.8. The molecule has 0 unspecified atom stereocenters. The summed E-state index contributed by atoms with van der Waals surface area (Å²) in [5, 5.41) is 0. The van der Waals surface area contributed by atoms with Crippen LogP contribution in [0.3, 0.4) is 0 Å². The molecular formula is C14H14N4O5. The maximum absolute atomic E-state index is 12.4. The van der Waals surface area contributed by atoms with Crippen molar-refractivity contribution in [1.82, 2.24) is 18.7 Å². The number of aromatic nitrogens is 4. The van der Waals surface area contributed by atoms with Crippen LogP contribution >= 0.6 is 0 Å². The van der Waals surface area contributed by atoms with E-state index < -0.39 is 17.2 Å². The Balaban J connectivity index is 2.17. The molecule has 0 aromatic carbocycles. The average Bonchev–Trinajstić information content (AvgIpc) is 3.17. The van der Waals surface area contributed by atoms with Gasteiger partial charge in [0.15, 0.2) is 11.2 Å². The van der Waals surface area contributed by atoms with E-state index in [0.717, 1.165) is 4.57 Å². The second-order valence-electron chi connectivity index (χ2n) is 5.00. The van der Waals surface area contributed by atoms with Crippen LogP contribution < -0.4 is 11.2 Å². The zero-order valence-electron chi connectivity index (χ0n) is 12.8. The number of carbonyl (C=O) groups excluding carboxylic acids is 1. The molecule has 9 heteroatoms. The molecule has 0 saturated heterocycles. The minimum atomic E-state index is -0.529. The van der Waals surface area contributed by atoms with E-state index >= 15 is 0 Å². The number of nitrogens with zero attached hydrogens (tertiary/aromatic N) is 4. The van der Waals surface area contributed by atoms with Crippen molar-refractivity contribution < 1.29 is 13.9 Å². The fourth-order valence-corrected chi connectivity index (χ4v) is 2.43. The van der Waals surface area contributed by atoms with Crippen LogP contribution in [-0.2, 0) is 25.4 Å². The third-order valence-electron chi connectivity index (χ3n) is 3.68. The number of rotatable bonds is 3. The highest BCUT2D eigenvalue weighted by Gasteiger charge is 2.19. The summed E-state index contributed by atoms with van der Waals surface area (Å²) in [6.07, 6.45) is 2.80. The van der Waals surface area contributed by atoms with Gasteiger partial charge in [-0.05, 0) is 6.07 Å². The van der Waals surface area contributed by atoms with Crippen molar-refractivity contribution in [3.05, 3.63) is 50.8 Å². The molecule has 3 heterocycles. The van der Waals surface area contributed by atoms with Crippen molar-refractivity contribution in [3.8, 4) is 0 Å². The molecule has 9 nitrogen and oxygen atoms in total. The number of hydrogen-bond acceptors (Lipinski definition) is 6. The SMILES string of the molecule is COC(=O)c1ccoc1Cn1cnc2c1c(=O)n(C)c(=O)n2C. The third kappa shape index (κ3) is 2.17. The van der Waals surface area contributed by atoms with E-state index in [1.54, 1.807) is 0 Å². The molecule has 0 saturated carbocycles. The minimum absolute atomic E-state index is 0.112. The molecule has 0 aliphatic carbocycles. The highest BCUT2D eigenvalue weighted by atomic mass is 16.5. The van der Waals surface area contributed by atoms with Crippen LogP contribution in [0, 0.1) is 0 Å². The van der Waals surface area contributed by atoms with E-state index in [0.29, 0.717) is 5.76 Å². The Labute approximate surface area is 129 Å². The number of imidazole rings is 1. The predicted octanol–water partition coefficient (Wildman–Crippen LogP) is -0.138. The maximum atomic E-state index is 12.4. The molecule has 3 rings (SSSR count). The number of fused-ring (bicyclic) bond motifs is 1. The number of aryl methyl sites for hydroxylation is 1. The maximum Gasteiger partial charge on any atom is 0.341 e. The van der Waals surface area contributed by atoms with Gasteiger partial charge in [0.25, 0.3) is 5.56 Å². The van der Waals surface area contributed by atoms with Crippen LogP contribution in [0.4, 0.5) is 0 Å². The molecule has 0 aliphatic heterocycles. The molecule has 0 spiro atoms. The van der Waals surface area contributed by atoms with Crippen LogP contribution in [0.25, 0.3) is 11.2 Å². The summed E-state index contributed by atoms with van der Waals surface area (Å²) in [7, 11) is 4.21. The third-order valence-corrected chi connectivity index (χ3v) is 3.68. The van der Waals surface area contributed by atoms with Gasteiger partial charge in [-0.3, -0.25) is 13.9 Å². The lowest BCUT2D eigenvalue weighted by Gasteiger charge is -2.06. The van der Waals surface area contributed by atoms with Crippen LogP contribution in [0.5, 0.6) is 0 Å². The number of methoxy groups -OCH3 is 1. The minimum Gasteiger partial charge on any atom is -0.467 e. The Morgan fingerprint density at radius 1 is 1.30 bits per heavy atom. The normalized spacial score (nSPS) is 11.1. The summed E-state index contributed by atoms with van der Waals surface area (Å²) in [5.41, 5.74) is -0.130. The summed E-state index contributed by atoms with van der Waals surface area (Å²) in [4.78, 5) is 40.1. The predicted molar refractivity (Wildman–Crippen MR) is 79.4 cm³/mol. The molecule has 0 amide bonds. The van der Waals surface area contributed by atoms with Crippen LogP contribution in [0.2, 0.25) is 0 Å². The monoisotopic (exact) mass is 318 g/mol. The lowest BCUT2D eigenvalue weighted by Crippen LogP contribution is -2.37. The first-order valence-corrected chi connectivity index (χ1v) is 6.71. The molecule has 0 bridgehead atoms. The molecule has 0 radical (unpaired) electrons. The van der Waals surface area contributed by atoms with E-state index in [1.807, 2.05) is 0 Å². The second-order valence-corrected chi connectivity index (χ2v) is 5.00. The zero-order valence-corrected chi connectivity index (χ0v) is 12.8. The fourth-order valence-electron chi connectivity index (χ4n) is 2.43. The number of hydrogen-bond donors (Lipinski definition) is 0. The largest absolute Gasteiger partial charge is 0.467 e. The number of ether oxygens (including phenoxy) is 1. The molecule has 0 aliphatic rings. The molecule has 23 heavy (non-hydrogen) atoms. The van der Waals surface area contributed by atoms with Gasteiger partial charge in [0.2, 0.25) is 0 Å². The van der Waals surface area contributed by atoms with Gasteiger partial charge in [0.05, 0.1) is 26.2 Å². The summed E-state index contributed by atoms with van der Waals surface area (Å²) in [6.45, 7) is 0.112. The van der Waals surface area contributed by atoms with Crippen molar-refractivity contribution in [3.63, 3.8) is 0 Å². The standard InChI is InChI=1S/C14H14N4O5/c1-16-11-10(12(19)17(2)14(16)21)18(7-15-11)6-9-8(4-5-23-9)13(20)22-3/h4-5,7H,6H2,1-3H3. The van der Waals surface area contributed by atoms with Gasteiger partial charge in [-0.2, -0.15) is 0 Å². The molecule has 0 N–H and O–H groups in total. The van der Waals surface area contributed by atoms with Crippen molar-refractivity contribution in [2.45, 2.75) is 6.54 Å². The molecule has 0 fully saturated rings. The van der Waals surface area contributed by atoms with Crippen LogP contribution in [0.15, 0.2) is 32.7 Å². The Kier molecular flexibility index (Phi) is 3.40. The lowest BCUT2D eigenvalue weighted by atomic mass is 10.2. The van der Waals surface area contributed by atoms with Crippen molar-refractivity contribution in [1.29, 1.82) is 0 Å². The van der Waals surface area contributed by atoms with Crippen LogP contribution in [-0.4, -0.2) is 31.8 Å². The summed E-state index contributed by atoms with van der Waals surface area (Å²) in [6, 6.07) is 1.49. The first-order chi connectivity index (χ1) is 11.0. The second kappa shape index (κ2) is 5.27. The highest BCUT2D eigenvalue weighted by molar-refractivity contribution is 5.90. The molecular weight excluding hydrogens is 304 g/mol. The topological polar surface area (TPSA) is 101 Å². The smallest absolute Gasteiger partial charge is 0.341 e. The Morgan fingerprint density at radius 3 is 2.74 bits per heavy atom. The fraction of sp³-hybridized carbons (Fsp3) is 0.286. The van der Waals surface area contributed by atoms with Gasteiger partial charge in [0.1, 0.15) is 11.3 Å². The van der Waals surface area contributed by atoms with E-state index in [-0.39, 0.29) is 23.3 Å². The van der Waals surface area contributed by atoms with Crippen LogP contribution in [0.1, 0.15) is 16.1 Å². The molecule has 3 aromatic rings. The highest BCUT2D eigenvalue weighted by Crippen LogP contribution is 2.15. The van der Waals surface area contributed by atoms with E-state index in [9.17, 15) is 14.4 Å². The van der Waals surface area contributed by atoms with E-state index in [4.69, 9.17) is 4.42 Å². The van der Waals surface area contributed by atoms with Gasteiger partial charge in [-0.25, -0.2) is 14.6 Å². The van der Waals surface area contributed by atoms with Gasteiger partial charge >= 0.3 is 11.7 Å². The number of esters is 1. The summed E-state index contributed by atoms with van der Waals surface area (Å²) >= 11 is 0. The Morgan fingerprint density at radius 2 is 2.04 bits per heavy atom. The average molecular weight is 318 g/mol. The van der Waals surface area contributed by atoms with Crippen molar-refractivity contribution in [2.24, 2.45) is 14.1 Å². The van der Waals surface area contributed by atoms with Crippen molar-refractivity contribution in [2.75, 3.05) is 7.11 Å². The molecule has 120 valence electrons.